The molecule has 0 aliphatic rings. The lowest BCUT2D eigenvalue weighted by Gasteiger charge is -2.10. The summed E-state index contributed by atoms with van der Waals surface area (Å²) in [6.07, 6.45) is 5.80. The van der Waals surface area contributed by atoms with Gasteiger partial charge in [0, 0.05) is 41.9 Å². The van der Waals surface area contributed by atoms with E-state index in [2.05, 4.69) is 36.4 Å². The molecule has 2 aromatic heterocycles. The van der Waals surface area contributed by atoms with Crippen LogP contribution in [0.2, 0.25) is 0 Å². The molecule has 2 aromatic carbocycles. The molecule has 9 nitrogen and oxygen atoms in total. The summed E-state index contributed by atoms with van der Waals surface area (Å²) in [5, 5.41) is 5.81. The number of nitrogens with one attached hydrogen (secondary N) is 4. The van der Waals surface area contributed by atoms with E-state index in [9.17, 15) is 9.59 Å². The molecule has 0 aliphatic carbocycles. The Morgan fingerprint density at radius 3 is 2.41 bits per heavy atom. The van der Waals surface area contributed by atoms with Crippen LogP contribution in [0.1, 0.15) is 15.9 Å². The standard InChI is InChI=1S/C25H23N7O2/c33-23(31-32-25(34)28-15-12-18-5-2-1-3-6-18)19-8-10-21(11-9-19)29-24-27-16-13-22(30-24)20-7-4-14-26-17-20/h1-11,13-14,16-17H,12,15H2,(H,31,33)(H,27,29,30)(H2,28,32,34). The van der Waals surface area contributed by atoms with Gasteiger partial charge in [-0.25, -0.2) is 20.2 Å². The third-order valence-corrected chi connectivity index (χ3v) is 4.85. The molecule has 3 amide bonds. The molecule has 0 spiro atoms. The lowest BCUT2D eigenvalue weighted by molar-refractivity contribution is 0.0936. The molecule has 0 radical (unpaired) electrons. The largest absolute Gasteiger partial charge is 0.336 e. The first-order valence-corrected chi connectivity index (χ1v) is 10.7. The van der Waals surface area contributed by atoms with Crippen LogP contribution in [0.3, 0.4) is 0 Å². The van der Waals surface area contributed by atoms with Gasteiger partial charge in [-0.1, -0.05) is 30.3 Å². The second-order valence-electron chi connectivity index (χ2n) is 7.28. The van der Waals surface area contributed by atoms with Crippen molar-refractivity contribution in [2.24, 2.45) is 0 Å². The highest BCUT2D eigenvalue weighted by Gasteiger charge is 2.08. The first kappa shape index (κ1) is 22.4. The van der Waals surface area contributed by atoms with Crippen LogP contribution in [-0.2, 0) is 6.42 Å². The number of hydrogen-bond donors (Lipinski definition) is 4. The first-order chi connectivity index (χ1) is 16.7. The Labute approximate surface area is 196 Å². The minimum Gasteiger partial charge on any atom is -0.336 e. The Kier molecular flexibility index (Phi) is 7.37. The Morgan fingerprint density at radius 2 is 1.65 bits per heavy atom. The van der Waals surface area contributed by atoms with Crippen molar-refractivity contribution in [3.63, 3.8) is 0 Å². The second-order valence-corrected chi connectivity index (χ2v) is 7.28. The predicted octanol–water partition coefficient (Wildman–Crippen LogP) is 3.47. The number of aromatic nitrogens is 3. The average molecular weight is 454 g/mol. The number of nitrogens with zero attached hydrogens (tertiary/aromatic N) is 3. The fourth-order valence-electron chi connectivity index (χ4n) is 3.12. The normalized spacial score (nSPS) is 10.2. The zero-order valence-electron chi connectivity index (χ0n) is 18.2. The van der Waals surface area contributed by atoms with Crippen molar-refractivity contribution in [2.45, 2.75) is 6.42 Å². The van der Waals surface area contributed by atoms with E-state index in [-0.39, 0.29) is 0 Å². The van der Waals surface area contributed by atoms with Gasteiger partial charge in [0.05, 0.1) is 5.69 Å². The SMILES string of the molecule is O=C(NCCc1ccccc1)NNC(=O)c1ccc(Nc2nccc(-c3cccnc3)n2)cc1. The molecule has 4 aromatic rings. The number of rotatable bonds is 7. The zero-order valence-corrected chi connectivity index (χ0v) is 18.2. The number of hydrogen-bond acceptors (Lipinski definition) is 6. The summed E-state index contributed by atoms with van der Waals surface area (Å²) in [5.74, 6) is -0.00743. The Hall–Kier alpha value is -4.79. The third-order valence-electron chi connectivity index (χ3n) is 4.85. The molecule has 4 N–H and O–H groups in total. The maximum Gasteiger partial charge on any atom is 0.333 e. The molecule has 0 bridgehead atoms. The van der Waals surface area contributed by atoms with Crippen molar-refractivity contribution in [1.29, 1.82) is 0 Å². The summed E-state index contributed by atoms with van der Waals surface area (Å²) in [5.41, 5.74) is 8.60. The summed E-state index contributed by atoms with van der Waals surface area (Å²) < 4.78 is 0. The van der Waals surface area contributed by atoms with Crippen LogP contribution >= 0.6 is 0 Å². The molecule has 0 atom stereocenters. The minimum absolute atomic E-state index is 0.389. The zero-order chi connectivity index (χ0) is 23.6. The summed E-state index contributed by atoms with van der Waals surface area (Å²) >= 11 is 0. The van der Waals surface area contributed by atoms with Crippen LogP contribution in [0.15, 0.2) is 91.4 Å². The Morgan fingerprint density at radius 1 is 0.824 bits per heavy atom. The van der Waals surface area contributed by atoms with E-state index < -0.39 is 11.9 Å². The van der Waals surface area contributed by atoms with Crippen LogP contribution in [0.5, 0.6) is 0 Å². The highest BCUT2D eigenvalue weighted by Crippen LogP contribution is 2.18. The van der Waals surface area contributed by atoms with Crippen molar-refractivity contribution < 1.29 is 9.59 Å². The number of carbonyl (C=O) groups is 2. The van der Waals surface area contributed by atoms with Gasteiger partial charge in [0.1, 0.15) is 0 Å². The van der Waals surface area contributed by atoms with Crippen molar-refractivity contribution in [3.8, 4) is 11.3 Å². The predicted molar refractivity (Wildman–Crippen MR) is 129 cm³/mol. The monoisotopic (exact) mass is 453 g/mol. The molecule has 0 aliphatic heterocycles. The quantitative estimate of drug-likeness (QED) is 0.318. The van der Waals surface area contributed by atoms with Gasteiger partial charge in [0.2, 0.25) is 5.95 Å². The highest BCUT2D eigenvalue weighted by molar-refractivity contribution is 5.95. The van der Waals surface area contributed by atoms with Crippen LogP contribution in [0.4, 0.5) is 16.4 Å². The Balaban J connectivity index is 1.25. The number of amides is 3. The molecule has 0 saturated heterocycles. The summed E-state index contributed by atoms with van der Waals surface area (Å²) in [7, 11) is 0. The molecule has 34 heavy (non-hydrogen) atoms. The van der Waals surface area contributed by atoms with E-state index in [1.165, 1.54) is 0 Å². The summed E-state index contributed by atoms with van der Waals surface area (Å²) in [4.78, 5) is 37.0. The van der Waals surface area contributed by atoms with Gasteiger partial charge in [-0.2, -0.15) is 0 Å². The average Bonchev–Trinajstić information content (AvgIpc) is 2.89. The van der Waals surface area contributed by atoms with E-state index in [1.807, 2.05) is 42.5 Å². The number of benzene rings is 2. The second kappa shape index (κ2) is 11.2. The van der Waals surface area contributed by atoms with Crippen molar-refractivity contribution >= 4 is 23.6 Å². The molecule has 9 heteroatoms. The third kappa shape index (κ3) is 6.36. The molecule has 4 rings (SSSR count). The fourth-order valence-corrected chi connectivity index (χ4v) is 3.12. The topological polar surface area (TPSA) is 121 Å². The van der Waals surface area contributed by atoms with Crippen molar-refractivity contribution in [1.82, 2.24) is 31.1 Å². The minimum atomic E-state index is -0.479. The first-order valence-electron chi connectivity index (χ1n) is 10.7. The molecule has 0 unspecified atom stereocenters. The number of carbonyl (C=O) groups excluding carboxylic acids is 2. The smallest absolute Gasteiger partial charge is 0.333 e. The van der Waals surface area contributed by atoms with Gasteiger partial charge in [0.15, 0.2) is 0 Å². The van der Waals surface area contributed by atoms with Gasteiger partial charge >= 0.3 is 6.03 Å². The van der Waals surface area contributed by atoms with E-state index in [0.717, 1.165) is 16.8 Å². The van der Waals surface area contributed by atoms with Gasteiger partial charge in [0.25, 0.3) is 5.91 Å². The highest BCUT2D eigenvalue weighted by atomic mass is 16.2. The molecule has 0 saturated carbocycles. The lowest BCUT2D eigenvalue weighted by Crippen LogP contribution is -2.47. The molecule has 170 valence electrons. The molecule has 0 fully saturated rings. The van der Waals surface area contributed by atoms with E-state index in [1.54, 1.807) is 48.9 Å². The number of hydrazine groups is 1. The van der Waals surface area contributed by atoms with Crippen LogP contribution in [0.25, 0.3) is 11.3 Å². The van der Waals surface area contributed by atoms with Gasteiger partial charge in [-0.05, 0) is 54.4 Å². The maximum atomic E-state index is 12.3. The maximum absolute atomic E-state index is 12.3. The molecular formula is C25H23N7O2. The van der Waals surface area contributed by atoms with Crippen LogP contribution < -0.4 is 21.5 Å². The Bertz CT molecular complexity index is 1230. The van der Waals surface area contributed by atoms with E-state index >= 15 is 0 Å². The van der Waals surface area contributed by atoms with Crippen molar-refractivity contribution in [2.75, 3.05) is 11.9 Å². The van der Waals surface area contributed by atoms with Crippen molar-refractivity contribution in [3.05, 3.63) is 103 Å². The number of urea groups is 1. The van der Waals surface area contributed by atoms with Gasteiger partial charge < -0.3 is 10.6 Å². The van der Waals surface area contributed by atoms with E-state index in [4.69, 9.17) is 0 Å². The summed E-state index contributed by atoms with van der Waals surface area (Å²) in [6, 6.07) is 21.6. The molecular weight excluding hydrogens is 430 g/mol. The fraction of sp³-hybridized carbons (Fsp3) is 0.0800. The molecule has 2 heterocycles. The van der Waals surface area contributed by atoms with E-state index in [0.29, 0.717) is 30.2 Å². The van der Waals surface area contributed by atoms with Gasteiger partial charge in [-0.15, -0.1) is 0 Å². The van der Waals surface area contributed by atoms with Crippen LogP contribution in [-0.4, -0.2) is 33.4 Å². The summed E-state index contributed by atoms with van der Waals surface area (Å²) in [6.45, 7) is 0.455. The number of pyridine rings is 1. The number of anilines is 2. The van der Waals surface area contributed by atoms with Gasteiger partial charge in [-0.3, -0.25) is 15.2 Å². The van der Waals surface area contributed by atoms with Crippen LogP contribution in [0, 0.1) is 0 Å². The lowest BCUT2D eigenvalue weighted by atomic mass is 10.1.